The summed E-state index contributed by atoms with van der Waals surface area (Å²) in [6, 6.07) is 0.487. The van der Waals surface area contributed by atoms with Crippen LogP contribution in [-0.2, 0) is 0 Å². The Morgan fingerprint density at radius 2 is 1.79 bits per heavy atom. The topological polar surface area (TPSA) is 29.3 Å². The Hall–Kier alpha value is -0.0800. The lowest BCUT2D eigenvalue weighted by atomic mass is 10.0. The average molecular weight is 196 g/mol. The van der Waals surface area contributed by atoms with Crippen LogP contribution in [0.2, 0.25) is 0 Å². The molecule has 2 N–H and O–H groups in total. The van der Waals surface area contributed by atoms with Crippen molar-refractivity contribution in [2.75, 3.05) is 19.6 Å². The summed E-state index contributed by atoms with van der Waals surface area (Å²) in [5.74, 6) is 2.63. The summed E-state index contributed by atoms with van der Waals surface area (Å²) in [7, 11) is 0. The first-order valence-electron chi connectivity index (χ1n) is 6.14. The first kappa shape index (κ1) is 10.4. The average Bonchev–Trinajstić information content (AvgIpc) is 2.92. The minimum absolute atomic E-state index is 0.487. The molecule has 2 rings (SSSR count). The maximum atomic E-state index is 6.10. The highest BCUT2D eigenvalue weighted by molar-refractivity contribution is 4.86. The zero-order valence-electron chi connectivity index (χ0n) is 9.58. The van der Waals surface area contributed by atoms with Crippen molar-refractivity contribution in [1.29, 1.82) is 0 Å². The van der Waals surface area contributed by atoms with Crippen molar-refractivity contribution in [3.8, 4) is 0 Å². The molecule has 2 aliphatic rings. The molecule has 0 aromatic heterocycles. The highest BCUT2D eigenvalue weighted by Crippen LogP contribution is 2.33. The molecule has 1 aliphatic heterocycles. The van der Waals surface area contributed by atoms with Gasteiger partial charge >= 0.3 is 0 Å². The van der Waals surface area contributed by atoms with E-state index in [1.807, 2.05) is 0 Å². The van der Waals surface area contributed by atoms with E-state index in [2.05, 4.69) is 18.7 Å². The lowest BCUT2D eigenvalue weighted by Gasteiger charge is -2.18. The number of nitrogens with zero attached hydrogens (tertiary/aromatic N) is 1. The van der Waals surface area contributed by atoms with Gasteiger partial charge in [-0.1, -0.05) is 13.8 Å². The van der Waals surface area contributed by atoms with Crippen LogP contribution in [0.25, 0.3) is 0 Å². The second-order valence-electron chi connectivity index (χ2n) is 5.50. The largest absolute Gasteiger partial charge is 0.327 e. The lowest BCUT2D eigenvalue weighted by Crippen LogP contribution is -2.30. The van der Waals surface area contributed by atoms with Crippen LogP contribution in [0.3, 0.4) is 0 Å². The number of likely N-dealkylation sites (tertiary alicyclic amines) is 1. The summed E-state index contributed by atoms with van der Waals surface area (Å²) < 4.78 is 0. The van der Waals surface area contributed by atoms with Crippen molar-refractivity contribution in [1.82, 2.24) is 4.90 Å². The van der Waals surface area contributed by atoms with Crippen LogP contribution in [0.5, 0.6) is 0 Å². The summed E-state index contributed by atoms with van der Waals surface area (Å²) >= 11 is 0. The second kappa shape index (κ2) is 4.19. The van der Waals surface area contributed by atoms with Crippen LogP contribution in [0.15, 0.2) is 0 Å². The van der Waals surface area contributed by atoms with Gasteiger partial charge in [0.25, 0.3) is 0 Å². The third kappa shape index (κ3) is 2.48. The van der Waals surface area contributed by atoms with Gasteiger partial charge in [0.2, 0.25) is 0 Å². The van der Waals surface area contributed by atoms with E-state index in [1.54, 1.807) is 0 Å². The molecule has 0 aromatic rings. The minimum Gasteiger partial charge on any atom is -0.327 e. The molecule has 2 fully saturated rings. The maximum absolute atomic E-state index is 6.10. The molecule has 0 bridgehead atoms. The number of nitrogens with two attached hydrogens (primary N) is 1. The Balaban J connectivity index is 1.65. The molecule has 14 heavy (non-hydrogen) atoms. The Labute approximate surface area is 87.8 Å². The normalized spacial score (nSPS) is 36.2. The van der Waals surface area contributed by atoms with Gasteiger partial charge in [0.15, 0.2) is 0 Å². The van der Waals surface area contributed by atoms with Crippen LogP contribution in [0, 0.1) is 17.8 Å². The van der Waals surface area contributed by atoms with Gasteiger partial charge in [-0.05, 0) is 43.6 Å². The fourth-order valence-corrected chi connectivity index (χ4v) is 2.52. The zero-order valence-corrected chi connectivity index (χ0v) is 9.58. The summed E-state index contributed by atoms with van der Waals surface area (Å²) in [4.78, 5) is 2.59. The summed E-state index contributed by atoms with van der Waals surface area (Å²) in [6.07, 6.45) is 3.98. The van der Waals surface area contributed by atoms with E-state index in [1.165, 1.54) is 38.9 Å². The Kier molecular flexibility index (Phi) is 3.13. The van der Waals surface area contributed by atoms with Crippen LogP contribution >= 0.6 is 0 Å². The third-order valence-corrected chi connectivity index (χ3v) is 4.07. The summed E-state index contributed by atoms with van der Waals surface area (Å²) in [6.45, 7) is 8.54. The SMILES string of the molecule is CC1CN(CCC(N)C2CC2)CC1C. The molecule has 2 nitrogen and oxygen atoms in total. The Morgan fingerprint density at radius 3 is 2.29 bits per heavy atom. The fourth-order valence-electron chi connectivity index (χ4n) is 2.52. The van der Waals surface area contributed by atoms with Crippen molar-refractivity contribution in [2.24, 2.45) is 23.5 Å². The summed E-state index contributed by atoms with van der Waals surface area (Å²) in [5.41, 5.74) is 6.10. The van der Waals surface area contributed by atoms with Crippen LogP contribution < -0.4 is 5.73 Å². The zero-order chi connectivity index (χ0) is 10.1. The quantitative estimate of drug-likeness (QED) is 0.741. The first-order valence-corrected chi connectivity index (χ1v) is 6.14. The molecule has 1 heterocycles. The van der Waals surface area contributed by atoms with E-state index < -0.39 is 0 Å². The third-order valence-electron chi connectivity index (χ3n) is 4.07. The van der Waals surface area contributed by atoms with Gasteiger partial charge in [-0.2, -0.15) is 0 Å². The van der Waals surface area contributed by atoms with Gasteiger partial charge in [0.05, 0.1) is 0 Å². The monoisotopic (exact) mass is 196 g/mol. The Bertz CT molecular complexity index is 179. The van der Waals surface area contributed by atoms with E-state index >= 15 is 0 Å². The molecule has 0 radical (unpaired) electrons. The predicted molar refractivity (Wildman–Crippen MR) is 60.1 cm³/mol. The van der Waals surface area contributed by atoms with Gasteiger partial charge in [0, 0.05) is 19.1 Å². The molecule has 0 amide bonds. The van der Waals surface area contributed by atoms with Crippen LogP contribution in [-0.4, -0.2) is 30.6 Å². The van der Waals surface area contributed by atoms with Gasteiger partial charge in [-0.15, -0.1) is 0 Å². The van der Waals surface area contributed by atoms with E-state index in [-0.39, 0.29) is 0 Å². The van der Waals surface area contributed by atoms with Gasteiger partial charge < -0.3 is 10.6 Å². The number of hydrogen-bond donors (Lipinski definition) is 1. The van der Waals surface area contributed by atoms with Crippen molar-refractivity contribution in [3.63, 3.8) is 0 Å². The molecule has 0 spiro atoms. The smallest absolute Gasteiger partial charge is 0.00793 e. The second-order valence-corrected chi connectivity index (χ2v) is 5.50. The fraction of sp³-hybridized carbons (Fsp3) is 1.00. The van der Waals surface area contributed by atoms with Gasteiger partial charge in [-0.25, -0.2) is 0 Å². The molecular formula is C12H24N2. The number of hydrogen-bond acceptors (Lipinski definition) is 2. The highest BCUT2D eigenvalue weighted by Gasteiger charge is 2.30. The lowest BCUT2D eigenvalue weighted by molar-refractivity contribution is 0.303. The highest BCUT2D eigenvalue weighted by atomic mass is 15.1. The molecule has 1 saturated carbocycles. The maximum Gasteiger partial charge on any atom is 0.00793 e. The summed E-state index contributed by atoms with van der Waals surface area (Å²) in [5, 5.41) is 0. The predicted octanol–water partition coefficient (Wildman–Crippen LogP) is 1.70. The molecule has 1 aliphatic carbocycles. The van der Waals surface area contributed by atoms with E-state index in [0.717, 1.165) is 17.8 Å². The van der Waals surface area contributed by atoms with Crippen molar-refractivity contribution < 1.29 is 0 Å². The van der Waals surface area contributed by atoms with Crippen LogP contribution in [0.1, 0.15) is 33.1 Å². The molecular weight excluding hydrogens is 172 g/mol. The van der Waals surface area contributed by atoms with E-state index in [4.69, 9.17) is 5.73 Å². The molecule has 82 valence electrons. The van der Waals surface area contributed by atoms with E-state index in [0.29, 0.717) is 6.04 Å². The van der Waals surface area contributed by atoms with Gasteiger partial charge in [-0.3, -0.25) is 0 Å². The van der Waals surface area contributed by atoms with Crippen molar-refractivity contribution in [2.45, 2.75) is 39.2 Å². The standard InChI is InChI=1S/C12H24N2/c1-9-7-14(8-10(9)2)6-5-12(13)11-3-4-11/h9-12H,3-8,13H2,1-2H3. The first-order chi connectivity index (χ1) is 6.66. The van der Waals surface area contributed by atoms with E-state index in [9.17, 15) is 0 Å². The molecule has 3 unspecified atom stereocenters. The number of rotatable bonds is 4. The minimum atomic E-state index is 0.487. The molecule has 2 heteroatoms. The van der Waals surface area contributed by atoms with Crippen molar-refractivity contribution >= 4 is 0 Å². The van der Waals surface area contributed by atoms with Gasteiger partial charge in [0.1, 0.15) is 0 Å². The Morgan fingerprint density at radius 1 is 1.21 bits per heavy atom. The molecule has 0 aromatic carbocycles. The van der Waals surface area contributed by atoms with Crippen LogP contribution in [0.4, 0.5) is 0 Å². The van der Waals surface area contributed by atoms with Crippen molar-refractivity contribution in [3.05, 3.63) is 0 Å². The molecule has 3 atom stereocenters. The molecule has 1 saturated heterocycles.